The second-order valence-electron chi connectivity index (χ2n) is 6.51. The molecule has 0 fully saturated rings. The Morgan fingerprint density at radius 1 is 1.03 bits per heavy atom. The van der Waals surface area contributed by atoms with E-state index in [4.69, 9.17) is 25.8 Å². The van der Waals surface area contributed by atoms with Gasteiger partial charge in [0.1, 0.15) is 0 Å². The van der Waals surface area contributed by atoms with E-state index < -0.39 is 18.5 Å². The van der Waals surface area contributed by atoms with Crippen LogP contribution in [-0.4, -0.2) is 31.7 Å². The maximum Gasteiger partial charge on any atom is 0.338 e. The molecule has 0 spiro atoms. The van der Waals surface area contributed by atoms with E-state index in [9.17, 15) is 9.59 Å². The van der Waals surface area contributed by atoms with Gasteiger partial charge in [0, 0.05) is 0 Å². The summed E-state index contributed by atoms with van der Waals surface area (Å²) in [5.74, 6) is -0.0793. The first-order valence-corrected chi connectivity index (χ1v) is 9.86. The summed E-state index contributed by atoms with van der Waals surface area (Å²) in [6.45, 7) is 8.16. The summed E-state index contributed by atoms with van der Waals surface area (Å²) in [6, 6.07) is 8.45. The monoisotopic (exact) mass is 419 g/mol. The number of esters is 1. The largest absolute Gasteiger partial charge is 0.490 e. The summed E-state index contributed by atoms with van der Waals surface area (Å²) in [5.41, 5.74) is 2.61. The minimum absolute atomic E-state index is 0.273. The number of anilines is 1. The first-order chi connectivity index (χ1) is 13.8. The molecule has 0 aromatic heterocycles. The van der Waals surface area contributed by atoms with Crippen molar-refractivity contribution in [3.05, 3.63) is 52.0 Å². The third-order valence-corrected chi connectivity index (χ3v) is 4.27. The molecule has 2 aromatic carbocycles. The van der Waals surface area contributed by atoms with Crippen LogP contribution in [0.5, 0.6) is 11.5 Å². The molecule has 6 nitrogen and oxygen atoms in total. The van der Waals surface area contributed by atoms with Gasteiger partial charge < -0.3 is 19.5 Å². The Bertz CT molecular complexity index is 858. The van der Waals surface area contributed by atoms with E-state index in [0.717, 1.165) is 17.5 Å². The van der Waals surface area contributed by atoms with Gasteiger partial charge in [0.2, 0.25) is 0 Å². The first kappa shape index (κ1) is 22.6. The molecule has 0 atom stereocenters. The summed E-state index contributed by atoms with van der Waals surface area (Å²) in [7, 11) is 0. The first-order valence-electron chi connectivity index (χ1n) is 9.49. The zero-order valence-electron chi connectivity index (χ0n) is 17.1. The van der Waals surface area contributed by atoms with Crippen molar-refractivity contribution >= 4 is 29.2 Å². The van der Waals surface area contributed by atoms with Crippen LogP contribution in [0.2, 0.25) is 5.02 Å². The second-order valence-corrected chi connectivity index (χ2v) is 6.91. The zero-order chi connectivity index (χ0) is 21.4. The number of hydrogen-bond donors (Lipinski definition) is 1. The highest BCUT2D eigenvalue weighted by atomic mass is 35.5. The van der Waals surface area contributed by atoms with Crippen LogP contribution in [0, 0.1) is 13.8 Å². The van der Waals surface area contributed by atoms with Crippen LogP contribution < -0.4 is 14.8 Å². The predicted molar refractivity (Wildman–Crippen MR) is 113 cm³/mol. The Hall–Kier alpha value is -2.73. The standard InChI is InChI=1S/C22H26ClNO5/c1-5-9-28-18-8-7-16(12-19(18)27-6-2)22(26)29-13-20(25)24-21-15(4)10-14(3)11-17(21)23/h7-8,10-12H,5-6,9,13H2,1-4H3,(H,24,25). The number of nitrogens with one attached hydrogen (secondary N) is 1. The number of amides is 1. The molecule has 0 aliphatic rings. The lowest BCUT2D eigenvalue weighted by molar-refractivity contribution is -0.119. The average molecular weight is 420 g/mol. The molecule has 0 aliphatic carbocycles. The van der Waals surface area contributed by atoms with Crippen LogP contribution in [-0.2, 0) is 9.53 Å². The van der Waals surface area contributed by atoms with Crippen molar-refractivity contribution in [3.63, 3.8) is 0 Å². The molecule has 1 amide bonds. The van der Waals surface area contributed by atoms with Gasteiger partial charge in [0.25, 0.3) is 5.91 Å². The fraction of sp³-hybridized carbons (Fsp3) is 0.364. The summed E-state index contributed by atoms with van der Waals surface area (Å²) in [5, 5.41) is 3.12. The number of rotatable bonds is 9. The Morgan fingerprint density at radius 2 is 1.79 bits per heavy atom. The van der Waals surface area contributed by atoms with Crippen molar-refractivity contribution in [1.82, 2.24) is 0 Å². The second kappa shape index (κ2) is 10.7. The minimum atomic E-state index is -0.630. The lowest BCUT2D eigenvalue weighted by Crippen LogP contribution is -2.21. The molecule has 156 valence electrons. The topological polar surface area (TPSA) is 73.9 Å². The highest BCUT2D eigenvalue weighted by molar-refractivity contribution is 6.34. The van der Waals surface area contributed by atoms with Crippen LogP contribution in [0.3, 0.4) is 0 Å². The van der Waals surface area contributed by atoms with Gasteiger partial charge in [-0.3, -0.25) is 4.79 Å². The minimum Gasteiger partial charge on any atom is -0.490 e. The molecule has 0 saturated carbocycles. The number of carbonyl (C=O) groups excluding carboxylic acids is 2. The van der Waals surface area contributed by atoms with Gasteiger partial charge in [-0.2, -0.15) is 0 Å². The molecular formula is C22H26ClNO5. The Kier molecular flexibility index (Phi) is 8.34. The Balaban J connectivity index is 2.01. The van der Waals surface area contributed by atoms with Gasteiger partial charge >= 0.3 is 5.97 Å². The summed E-state index contributed by atoms with van der Waals surface area (Å²) < 4.78 is 16.3. The van der Waals surface area contributed by atoms with Gasteiger partial charge in [0.05, 0.1) is 29.5 Å². The third kappa shape index (κ3) is 6.39. The van der Waals surface area contributed by atoms with Gasteiger partial charge in [-0.05, 0) is 62.6 Å². The normalized spacial score (nSPS) is 10.4. The molecule has 2 rings (SSSR count). The van der Waals surface area contributed by atoms with Crippen molar-refractivity contribution in [2.45, 2.75) is 34.1 Å². The van der Waals surface area contributed by atoms with Crippen LogP contribution in [0.4, 0.5) is 5.69 Å². The van der Waals surface area contributed by atoms with Crippen LogP contribution in [0.15, 0.2) is 30.3 Å². The molecule has 0 unspecified atom stereocenters. The van der Waals surface area contributed by atoms with Crippen molar-refractivity contribution in [2.24, 2.45) is 0 Å². The van der Waals surface area contributed by atoms with E-state index in [1.165, 1.54) is 0 Å². The number of halogens is 1. The van der Waals surface area contributed by atoms with Gasteiger partial charge in [-0.1, -0.05) is 24.6 Å². The van der Waals surface area contributed by atoms with Crippen molar-refractivity contribution in [1.29, 1.82) is 0 Å². The van der Waals surface area contributed by atoms with Crippen molar-refractivity contribution in [2.75, 3.05) is 25.1 Å². The summed E-state index contributed by atoms with van der Waals surface area (Å²) in [4.78, 5) is 24.5. The van der Waals surface area contributed by atoms with E-state index >= 15 is 0 Å². The number of aryl methyl sites for hydroxylation is 2. The van der Waals surface area contributed by atoms with E-state index in [0.29, 0.717) is 35.4 Å². The molecule has 0 bridgehead atoms. The Labute approximate surface area is 176 Å². The number of hydrogen-bond acceptors (Lipinski definition) is 5. The van der Waals surface area contributed by atoms with E-state index in [1.54, 1.807) is 24.3 Å². The predicted octanol–water partition coefficient (Wildman–Crippen LogP) is 4.94. The quantitative estimate of drug-likeness (QED) is 0.583. The van der Waals surface area contributed by atoms with E-state index in [1.807, 2.05) is 33.8 Å². The maximum atomic E-state index is 12.3. The summed E-state index contributed by atoms with van der Waals surface area (Å²) in [6.07, 6.45) is 0.856. The molecule has 2 aromatic rings. The lowest BCUT2D eigenvalue weighted by Gasteiger charge is -2.13. The fourth-order valence-corrected chi connectivity index (χ4v) is 3.07. The molecule has 7 heteroatoms. The van der Waals surface area contributed by atoms with Crippen LogP contribution >= 0.6 is 11.6 Å². The molecule has 0 radical (unpaired) electrons. The fourth-order valence-electron chi connectivity index (χ4n) is 2.70. The van der Waals surface area contributed by atoms with E-state index in [-0.39, 0.29) is 5.56 Å². The van der Waals surface area contributed by atoms with Gasteiger partial charge in [-0.15, -0.1) is 0 Å². The molecule has 0 saturated heterocycles. The smallest absolute Gasteiger partial charge is 0.338 e. The third-order valence-electron chi connectivity index (χ3n) is 3.97. The number of ether oxygens (including phenoxy) is 3. The highest BCUT2D eigenvalue weighted by Crippen LogP contribution is 2.29. The van der Waals surface area contributed by atoms with Gasteiger partial charge in [-0.25, -0.2) is 4.79 Å². The number of benzene rings is 2. The van der Waals surface area contributed by atoms with Crippen molar-refractivity contribution in [3.8, 4) is 11.5 Å². The SMILES string of the molecule is CCCOc1ccc(C(=O)OCC(=O)Nc2c(C)cc(C)cc2Cl)cc1OCC. The number of carbonyl (C=O) groups is 2. The molecule has 1 N–H and O–H groups in total. The highest BCUT2D eigenvalue weighted by Gasteiger charge is 2.15. The van der Waals surface area contributed by atoms with Gasteiger partial charge in [0.15, 0.2) is 18.1 Å². The molecular weight excluding hydrogens is 394 g/mol. The van der Waals surface area contributed by atoms with Crippen LogP contribution in [0.25, 0.3) is 0 Å². The summed E-state index contributed by atoms with van der Waals surface area (Å²) >= 11 is 6.19. The Morgan fingerprint density at radius 3 is 2.45 bits per heavy atom. The maximum absolute atomic E-state index is 12.3. The van der Waals surface area contributed by atoms with Crippen molar-refractivity contribution < 1.29 is 23.8 Å². The molecule has 0 aliphatic heterocycles. The molecule has 29 heavy (non-hydrogen) atoms. The molecule has 0 heterocycles. The van der Waals surface area contributed by atoms with Crippen LogP contribution in [0.1, 0.15) is 41.8 Å². The average Bonchev–Trinajstić information content (AvgIpc) is 2.68. The van der Waals surface area contributed by atoms with E-state index in [2.05, 4.69) is 5.32 Å². The zero-order valence-corrected chi connectivity index (χ0v) is 17.9. The lowest BCUT2D eigenvalue weighted by atomic mass is 10.1.